The first-order valence-corrected chi connectivity index (χ1v) is 8.88. The normalized spacial score (nSPS) is 16.0. The Morgan fingerprint density at radius 2 is 1.59 bits per heavy atom. The molecule has 1 aliphatic rings. The van der Waals surface area contributed by atoms with E-state index in [-0.39, 0.29) is 20.3 Å². The molecule has 0 saturated heterocycles. The fraction of sp³-hybridized carbons (Fsp3) is 0.360. The van der Waals surface area contributed by atoms with Crippen LogP contribution >= 0.6 is 0 Å². The Kier molecular flexibility index (Phi) is 7.47. The highest BCUT2D eigenvalue weighted by Crippen LogP contribution is 2.46. The average molecular weight is 365 g/mol. The first-order chi connectivity index (χ1) is 11.9. The van der Waals surface area contributed by atoms with Gasteiger partial charge in [-0.3, -0.25) is 0 Å². The number of allylic oxidation sites excluding steroid dienone is 4. The summed E-state index contributed by atoms with van der Waals surface area (Å²) < 4.78 is 0. The third-order valence-electron chi connectivity index (χ3n) is 5.14. The van der Waals surface area contributed by atoms with Crippen LogP contribution in [0.1, 0.15) is 39.8 Å². The lowest BCUT2D eigenvalue weighted by atomic mass is 9.84. The molecule has 0 unspecified atom stereocenters. The first-order valence-electron chi connectivity index (χ1n) is 8.88. The minimum Gasteiger partial charge on any atom is -0.378 e. The minimum atomic E-state index is 0. The van der Waals surface area contributed by atoms with E-state index in [0.717, 1.165) is 6.42 Å². The van der Waals surface area contributed by atoms with Crippen LogP contribution < -0.4 is 9.80 Å². The fourth-order valence-electron chi connectivity index (χ4n) is 3.60. The minimum absolute atomic E-state index is 0. The zero-order chi connectivity index (χ0) is 18.0. The molecule has 0 saturated carbocycles. The van der Waals surface area contributed by atoms with E-state index < -0.39 is 0 Å². The van der Waals surface area contributed by atoms with Gasteiger partial charge in [0.05, 0.1) is 0 Å². The molecular formula is C25H36N2. The lowest BCUT2D eigenvalue weighted by Crippen LogP contribution is -2.22. The Hall–Kier alpha value is -2.48. The van der Waals surface area contributed by atoms with Crippen molar-refractivity contribution in [2.45, 2.75) is 40.5 Å². The quantitative estimate of drug-likeness (QED) is 0.616. The summed E-state index contributed by atoms with van der Waals surface area (Å²) in [6, 6.07) is 17.4. The van der Waals surface area contributed by atoms with Crippen LogP contribution in [0.4, 0.5) is 11.4 Å². The maximum atomic E-state index is 2.31. The largest absolute Gasteiger partial charge is 0.378 e. The molecule has 0 amide bonds. The molecule has 2 nitrogen and oxygen atoms in total. The van der Waals surface area contributed by atoms with Gasteiger partial charge in [0.15, 0.2) is 0 Å². The smallest absolute Gasteiger partial charge is 0.0447 e. The Labute approximate surface area is 166 Å². The lowest BCUT2D eigenvalue weighted by molar-refractivity contribution is 0.640. The van der Waals surface area contributed by atoms with Crippen LogP contribution in [0.3, 0.4) is 0 Å². The molecule has 146 valence electrons. The predicted octanol–water partition coefficient (Wildman–Crippen LogP) is 6.44. The molecule has 2 aromatic rings. The number of nitrogens with zero attached hydrogens (tertiary/aromatic N) is 2. The lowest BCUT2D eigenvalue weighted by Gasteiger charge is -2.23. The van der Waals surface area contributed by atoms with Gasteiger partial charge < -0.3 is 9.80 Å². The second kappa shape index (κ2) is 8.94. The molecule has 0 N–H and O–H groups in total. The maximum Gasteiger partial charge on any atom is 0.0447 e. The molecule has 2 aromatic carbocycles. The SMILES string of the molecule is C.C.CN(C)c1ccc(CC=CC=C2N(C)c3ccccc3C2(C)C)cc1. The summed E-state index contributed by atoms with van der Waals surface area (Å²) in [7, 11) is 6.30. The summed E-state index contributed by atoms with van der Waals surface area (Å²) in [6.07, 6.45) is 7.65. The van der Waals surface area contributed by atoms with E-state index in [2.05, 4.69) is 112 Å². The van der Waals surface area contributed by atoms with Crippen molar-refractivity contribution in [1.29, 1.82) is 0 Å². The van der Waals surface area contributed by atoms with Crippen molar-refractivity contribution in [3.05, 3.63) is 83.6 Å². The van der Waals surface area contributed by atoms with Gasteiger partial charge in [0.1, 0.15) is 0 Å². The van der Waals surface area contributed by atoms with Gasteiger partial charge in [0.2, 0.25) is 0 Å². The topological polar surface area (TPSA) is 6.48 Å². The van der Waals surface area contributed by atoms with E-state index in [1.54, 1.807) is 0 Å². The molecule has 27 heavy (non-hydrogen) atoms. The highest BCUT2D eigenvalue weighted by atomic mass is 15.2. The molecule has 0 aliphatic carbocycles. The van der Waals surface area contributed by atoms with Crippen molar-refractivity contribution in [1.82, 2.24) is 0 Å². The molecule has 3 rings (SSSR count). The molecule has 0 fully saturated rings. The molecule has 1 heterocycles. The van der Waals surface area contributed by atoms with Gasteiger partial charge in [-0.2, -0.15) is 0 Å². The van der Waals surface area contributed by atoms with Crippen LogP contribution in [0.15, 0.2) is 72.5 Å². The van der Waals surface area contributed by atoms with Gasteiger partial charge in [-0.25, -0.2) is 0 Å². The summed E-state index contributed by atoms with van der Waals surface area (Å²) in [5, 5.41) is 0. The number of rotatable bonds is 4. The van der Waals surface area contributed by atoms with Crippen molar-refractivity contribution >= 4 is 11.4 Å². The first kappa shape index (κ1) is 22.6. The van der Waals surface area contributed by atoms with Crippen molar-refractivity contribution in [2.24, 2.45) is 0 Å². The standard InChI is InChI=1S/C23H28N2.2CH4/c1-23(2)20-11-7-8-12-21(20)25(5)22(23)13-9-6-10-18-14-16-19(17-15-18)24(3)4;;/h6-9,11-17H,10H2,1-5H3;2*1H4. The van der Waals surface area contributed by atoms with E-state index in [0.29, 0.717) is 0 Å². The molecule has 1 aliphatic heterocycles. The number of anilines is 2. The van der Waals surface area contributed by atoms with Gasteiger partial charge >= 0.3 is 0 Å². The van der Waals surface area contributed by atoms with Gasteiger partial charge in [0, 0.05) is 43.6 Å². The molecule has 0 atom stereocenters. The zero-order valence-corrected chi connectivity index (χ0v) is 16.0. The van der Waals surface area contributed by atoms with Crippen molar-refractivity contribution in [2.75, 3.05) is 30.9 Å². The molecule has 0 spiro atoms. The fourth-order valence-corrected chi connectivity index (χ4v) is 3.60. The number of para-hydroxylation sites is 1. The Balaban J connectivity index is 0.00000182. The van der Waals surface area contributed by atoms with Crippen molar-refractivity contribution in [3.8, 4) is 0 Å². The number of hydrogen-bond donors (Lipinski definition) is 0. The number of fused-ring (bicyclic) bond motifs is 1. The van der Waals surface area contributed by atoms with Crippen molar-refractivity contribution < 1.29 is 0 Å². The molecule has 0 radical (unpaired) electrons. The summed E-state index contributed by atoms with van der Waals surface area (Å²) in [6.45, 7) is 4.60. The Bertz CT molecular complexity index is 795. The van der Waals surface area contributed by atoms with Crippen LogP contribution in [0.5, 0.6) is 0 Å². The molecule has 0 aromatic heterocycles. The van der Waals surface area contributed by atoms with Gasteiger partial charge in [-0.1, -0.05) is 71.2 Å². The van der Waals surface area contributed by atoms with E-state index in [4.69, 9.17) is 0 Å². The highest BCUT2D eigenvalue weighted by Gasteiger charge is 2.37. The zero-order valence-electron chi connectivity index (χ0n) is 16.0. The van der Waals surface area contributed by atoms with Crippen LogP contribution in [0.2, 0.25) is 0 Å². The van der Waals surface area contributed by atoms with Gasteiger partial charge in [-0.05, 0) is 41.8 Å². The molecular weight excluding hydrogens is 328 g/mol. The van der Waals surface area contributed by atoms with E-state index in [1.807, 2.05) is 0 Å². The van der Waals surface area contributed by atoms with E-state index >= 15 is 0 Å². The molecule has 2 heteroatoms. The van der Waals surface area contributed by atoms with E-state index in [1.165, 1.54) is 28.2 Å². The molecule has 0 bridgehead atoms. The maximum absolute atomic E-state index is 2.31. The monoisotopic (exact) mass is 364 g/mol. The van der Waals surface area contributed by atoms with Crippen molar-refractivity contribution in [3.63, 3.8) is 0 Å². The van der Waals surface area contributed by atoms with Crippen LogP contribution in [0, 0.1) is 0 Å². The van der Waals surface area contributed by atoms with Crippen LogP contribution in [-0.2, 0) is 11.8 Å². The summed E-state index contributed by atoms with van der Waals surface area (Å²) in [5.41, 5.74) is 6.67. The number of benzene rings is 2. The summed E-state index contributed by atoms with van der Waals surface area (Å²) in [4.78, 5) is 4.44. The predicted molar refractivity (Wildman–Crippen MR) is 123 cm³/mol. The second-order valence-electron chi connectivity index (χ2n) is 7.45. The van der Waals surface area contributed by atoms with Gasteiger partial charge in [0.25, 0.3) is 0 Å². The average Bonchev–Trinajstić information content (AvgIpc) is 2.79. The highest BCUT2D eigenvalue weighted by molar-refractivity contribution is 5.70. The van der Waals surface area contributed by atoms with E-state index in [9.17, 15) is 0 Å². The number of hydrogen-bond acceptors (Lipinski definition) is 2. The third-order valence-corrected chi connectivity index (χ3v) is 5.14. The Morgan fingerprint density at radius 3 is 2.19 bits per heavy atom. The number of likely N-dealkylation sites (N-methyl/N-ethyl adjacent to an activating group) is 1. The summed E-state index contributed by atoms with van der Waals surface area (Å²) >= 11 is 0. The van der Waals surface area contributed by atoms with Crippen LogP contribution in [0.25, 0.3) is 0 Å². The third kappa shape index (κ3) is 4.44. The second-order valence-corrected chi connectivity index (χ2v) is 7.45. The van der Waals surface area contributed by atoms with Gasteiger partial charge in [-0.15, -0.1) is 0 Å². The van der Waals surface area contributed by atoms with Crippen LogP contribution in [-0.4, -0.2) is 21.1 Å². The summed E-state index contributed by atoms with van der Waals surface area (Å²) in [5.74, 6) is 0. The Morgan fingerprint density at radius 1 is 0.963 bits per heavy atom.